The molecule has 278 valence electrons. The standard InChI is InChI=1S/C36H53F2N5O7/c1-7-48-25-18-24-19-43(28(21-42(24)20-25)32(45)39-27-14-17-49-29-11-9-8-10-26(27)29)33(46)30(23-12-15-36(37,38)16-13-23)40-31(44)22(2)41(6)34(47)50-35(3,4)5/h8-11,22-25,27-28,30H,7,12-21H2,1-6H3,(H,39,45)(H,40,44)/t22-,24+,25-,27+,28-,30-/m0/s1. The lowest BCUT2D eigenvalue weighted by Crippen LogP contribution is -2.66. The predicted octanol–water partition coefficient (Wildman–Crippen LogP) is 3.88. The van der Waals surface area contributed by atoms with Crippen LogP contribution in [0.5, 0.6) is 5.75 Å². The van der Waals surface area contributed by atoms with Crippen LogP contribution >= 0.6 is 0 Å². The third-order valence-electron chi connectivity index (χ3n) is 10.4. The summed E-state index contributed by atoms with van der Waals surface area (Å²) in [5.41, 5.74) is 0.0619. The molecule has 0 bridgehead atoms. The van der Waals surface area contributed by atoms with Gasteiger partial charge in [-0.15, -0.1) is 0 Å². The van der Waals surface area contributed by atoms with Crippen LogP contribution in [0.1, 0.15) is 84.7 Å². The number of nitrogens with one attached hydrogen (secondary N) is 2. The van der Waals surface area contributed by atoms with Crippen molar-refractivity contribution in [2.75, 3.05) is 39.9 Å². The normalized spacial score (nSPS) is 26.4. The van der Waals surface area contributed by atoms with E-state index < -0.39 is 66.3 Å². The van der Waals surface area contributed by atoms with Gasteiger partial charge in [0.15, 0.2) is 0 Å². The number of rotatable bonds is 9. The van der Waals surface area contributed by atoms with Crippen molar-refractivity contribution >= 4 is 23.8 Å². The summed E-state index contributed by atoms with van der Waals surface area (Å²) in [7, 11) is 1.43. The Kier molecular flexibility index (Phi) is 11.6. The van der Waals surface area contributed by atoms with Crippen LogP contribution in [-0.4, -0.2) is 120 Å². The highest BCUT2D eigenvalue weighted by atomic mass is 19.3. The van der Waals surface area contributed by atoms with Gasteiger partial charge in [0, 0.05) is 64.2 Å². The number of likely N-dealkylation sites (N-methyl/N-ethyl adjacent to an activating group) is 1. The van der Waals surface area contributed by atoms with Crippen molar-refractivity contribution in [3.8, 4) is 5.75 Å². The van der Waals surface area contributed by atoms with E-state index in [4.69, 9.17) is 14.2 Å². The molecule has 4 aliphatic rings. The van der Waals surface area contributed by atoms with E-state index in [1.807, 2.05) is 31.2 Å². The van der Waals surface area contributed by atoms with E-state index in [9.17, 15) is 28.0 Å². The minimum absolute atomic E-state index is 0.0193. The van der Waals surface area contributed by atoms with Crippen LogP contribution in [0, 0.1) is 5.92 Å². The van der Waals surface area contributed by atoms with E-state index in [1.54, 1.807) is 20.8 Å². The fraction of sp³-hybridized carbons (Fsp3) is 0.722. The van der Waals surface area contributed by atoms with Crippen LogP contribution in [0.2, 0.25) is 0 Å². The Morgan fingerprint density at radius 3 is 2.46 bits per heavy atom. The van der Waals surface area contributed by atoms with E-state index in [0.29, 0.717) is 38.3 Å². The number of amides is 4. The first-order valence-corrected chi connectivity index (χ1v) is 17.9. The number of carbonyl (C=O) groups excluding carboxylic acids is 4. The first-order chi connectivity index (χ1) is 23.6. The molecule has 50 heavy (non-hydrogen) atoms. The number of para-hydroxylation sites is 1. The monoisotopic (exact) mass is 705 g/mol. The van der Waals surface area contributed by atoms with Crippen molar-refractivity contribution < 1.29 is 42.2 Å². The predicted molar refractivity (Wildman–Crippen MR) is 181 cm³/mol. The number of hydrogen-bond donors (Lipinski definition) is 2. The molecule has 14 heteroatoms. The Morgan fingerprint density at radius 1 is 1.08 bits per heavy atom. The van der Waals surface area contributed by atoms with Crippen molar-refractivity contribution in [2.45, 2.75) is 121 Å². The molecule has 2 saturated heterocycles. The topological polar surface area (TPSA) is 130 Å². The second kappa shape index (κ2) is 15.4. The van der Waals surface area contributed by atoms with Crippen LogP contribution in [0.25, 0.3) is 0 Å². The van der Waals surface area contributed by atoms with Gasteiger partial charge in [-0.25, -0.2) is 13.6 Å². The highest BCUT2D eigenvalue weighted by molar-refractivity contribution is 5.94. The van der Waals surface area contributed by atoms with Gasteiger partial charge in [-0.05, 0) is 65.9 Å². The third kappa shape index (κ3) is 8.85. The van der Waals surface area contributed by atoms with Crippen LogP contribution in [0.3, 0.4) is 0 Å². The minimum atomic E-state index is -2.86. The average molecular weight is 706 g/mol. The summed E-state index contributed by atoms with van der Waals surface area (Å²) in [5, 5.41) is 6.01. The van der Waals surface area contributed by atoms with Gasteiger partial charge in [0.1, 0.15) is 29.5 Å². The Hall–Kier alpha value is -3.52. The van der Waals surface area contributed by atoms with Gasteiger partial charge in [-0.2, -0.15) is 0 Å². The fourth-order valence-electron chi connectivity index (χ4n) is 7.51. The summed E-state index contributed by atoms with van der Waals surface area (Å²) in [6.45, 7) is 10.6. The number of halogens is 2. The maximum Gasteiger partial charge on any atom is 0.410 e. The van der Waals surface area contributed by atoms with Crippen LogP contribution < -0.4 is 15.4 Å². The Bertz CT molecular complexity index is 1400. The molecule has 1 aromatic carbocycles. The summed E-state index contributed by atoms with van der Waals surface area (Å²) in [5.74, 6) is -4.20. The van der Waals surface area contributed by atoms with Crippen LogP contribution in [-0.2, 0) is 23.9 Å². The first kappa shape index (κ1) is 37.7. The Balaban J connectivity index is 1.41. The second-order valence-corrected chi connectivity index (χ2v) is 15.1. The SMILES string of the molecule is CCO[C@H]1C[C@@H]2CN(C(=O)[C@@H](NC(=O)[C@H](C)N(C)C(=O)OC(C)(C)C)C3CCC(F)(F)CC3)[C@H](C(=O)N[C@@H]3CCOc4ccccc43)CN2C1. The zero-order valence-corrected chi connectivity index (χ0v) is 30.1. The number of piperazine rings is 1. The van der Waals surface area contributed by atoms with Gasteiger partial charge >= 0.3 is 6.09 Å². The lowest BCUT2D eigenvalue weighted by atomic mass is 9.81. The summed E-state index contributed by atoms with van der Waals surface area (Å²) < 4.78 is 45.8. The maximum absolute atomic E-state index is 14.8. The molecule has 0 unspecified atom stereocenters. The largest absolute Gasteiger partial charge is 0.493 e. The quantitative estimate of drug-likeness (QED) is 0.396. The van der Waals surface area contributed by atoms with E-state index in [1.165, 1.54) is 18.9 Å². The molecule has 2 N–H and O–H groups in total. The molecule has 3 heterocycles. The van der Waals surface area contributed by atoms with Gasteiger partial charge in [0.25, 0.3) is 0 Å². The zero-order chi connectivity index (χ0) is 36.4. The maximum atomic E-state index is 14.8. The summed E-state index contributed by atoms with van der Waals surface area (Å²) in [6, 6.07) is 4.01. The molecule has 3 aliphatic heterocycles. The molecule has 0 radical (unpaired) electrons. The molecule has 3 fully saturated rings. The molecule has 12 nitrogen and oxygen atoms in total. The number of hydrogen-bond acceptors (Lipinski definition) is 8. The Labute approximate surface area is 293 Å². The number of fused-ring (bicyclic) bond motifs is 2. The van der Waals surface area contributed by atoms with E-state index in [0.717, 1.165) is 10.5 Å². The third-order valence-corrected chi connectivity index (χ3v) is 10.4. The molecule has 1 aromatic rings. The lowest BCUT2D eigenvalue weighted by Gasteiger charge is -2.45. The Morgan fingerprint density at radius 2 is 1.78 bits per heavy atom. The van der Waals surface area contributed by atoms with Crippen molar-refractivity contribution in [1.82, 2.24) is 25.3 Å². The van der Waals surface area contributed by atoms with E-state index in [2.05, 4.69) is 15.5 Å². The van der Waals surface area contributed by atoms with Crippen molar-refractivity contribution in [3.63, 3.8) is 0 Å². The second-order valence-electron chi connectivity index (χ2n) is 15.1. The van der Waals surface area contributed by atoms with Gasteiger partial charge in [-0.3, -0.25) is 24.2 Å². The fourth-order valence-corrected chi connectivity index (χ4v) is 7.51. The molecule has 0 aromatic heterocycles. The van der Waals surface area contributed by atoms with Crippen LogP contribution in [0.4, 0.5) is 13.6 Å². The highest BCUT2D eigenvalue weighted by Crippen LogP contribution is 2.39. The molecule has 6 atom stereocenters. The zero-order valence-electron chi connectivity index (χ0n) is 30.1. The molecule has 1 aliphatic carbocycles. The first-order valence-electron chi connectivity index (χ1n) is 17.9. The molecule has 4 amide bonds. The van der Waals surface area contributed by atoms with Crippen molar-refractivity contribution in [3.05, 3.63) is 29.8 Å². The molecule has 1 saturated carbocycles. The van der Waals surface area contributed by atoms with Gasteiger partial charge in [0.05, 0.1) is 18.8 Å². The molecular weight excluding hydrogens is 652 g/mol. The number of benzene rings is 1. The van der Waals surface area contributed by atoms with Crippen molar-refractivity contribution in [1.29, 1.82) is 0 Å². The average Bonchev–Trinajstić information content (AvgIpc) is 3.46. The molecular formula is C36H53F2N5O7. The number of nitrogens with zero attached hydrogens (tertiary/aromatic N) is 3. The summed E-state index contributed by atoms with van der Waals surface area (Å²) >= 11 is 0. The van der Waals surface area contributed by atoms with E-state index in [-0.39, 0.29) is 50.0 Å². The number of alkyl halides is 2. The number of carbonyl (C=O) groups is 4. The lowest BCUT2D eigenvalue weighted by molar-refractivity contribution is -0.150. The van der Waals surface area contributed by atoms with E-state index >= 15 is 0 Å². The van der Waals surface area contributed by atoms with Gasteiger partial charge < -0.3 is 29.7 Å². The highest BCUT2D eigenvalue weighted by Gasteiger charge is 2.49. The minimum Gasteiger partial charge on any atom is -0.493 e. The molecule has 5 rings (SSSR count). The van der Waals surface area contributed by atoms with Gasteiger partial charge in [0.2, 0.25) is 23.6 Å². The smallest absolute Gasteiger partial charge is 0.410 e. The van der Waals surface area contributed by atoms with Crippen molar-refractivity contribution in [2.24, 2.45) is 5.92 Å². The summed E-state index contributed by atoms with van der Waals surface area (Å²) in [6.07, 6.45) is -0.325. The molecule has 0 spiro atoms. The van der Waals surface area contributed by atoms with Crippen LogP contribution in [0.15, 0.2) is 24.3 Å². The van der Waals surface area contributed by atoms with Gasteiger partial charge in [-0.1, -0.05) is 18.2 Å². The summed E-state index contributed by atoms with van der Waals surface area (Å²) in [4.78, 5) is 60.4. The number of ether oxygens (including phenoxy) is 3.